The van der Waals surface area contributed by atoms with Gasteiger partial charge in [-0.25, -0.2) is 0 Å². The molecule has 88 valence electrons. The normalized spacial score (nSPS) is 11.8. The lowest BCUT2D eigenvalue weighted by atomic mass is 9.85. The van der Waals surface area contributed by atoms with Crippen LogP contribution in [-0.4, -0.2) is 4.98 Å². The number of halogens is 1. The Morgan fingerprint density at radius 2 is 1.78 bits per heavy atom. The first-order valence-corrected chi connectivity index (χ1v) is 5.82. The van der Waals surface area contributed by atoms with E-state index in [2.05, 4.69) is 4.98 Å². The van der Waals surface area contributed by atoms with Crippen LogP contribution in [0.2, 0.25) is 5.02 Å². The lowest BCUT2D eigenvalue weighted by Gasteiger charge is -2.18. The van der Waals surface area contributed by atoms with Gasteiger partial charge in [-0.15, -0.1) is 0 Å². The fourth-order valence-corrected chi connectivity index (χ4v) is 2.22. The molecule has 0 aliphatic rings. The summed E-state index contributed by atoms with van der Waals surface area (Å²) in [5, 5.41) is 18.8. The number of H-pyrrole nitrogens is 1. The first-order chi connectivity index (χ1) is 8.77. The van der Waals surface area contributed by atoms with Gasteiger partial charge >= 0.3 is 0 Å². The summed E-state index contributed by atoms with van der Waals surface area (Å²) in [5.41, 5.74) is 1.60. The highest BCUT2D eigenvalue weighted by Gasteiger charge is 2.27. The lowest BCUT2D eigenvalue weighted by Crippen LogP contribution is -2.12. The summed E-state index contributed by atoms with van der Waals surface area (Å²) in [4.78, 5) is 3.05. The number of nitriles is 2. The predicted octanol–water partition coefficient (Wildman–Crippen LogP) is 3.46. The quantitative estimate of drug-likeness (QED) is 0.913. The average molecular weight is 256 g/mol. The second kappa shape index (κ2) is 5.40. The van der Waals surface area contributed by atoms with Crippen molar-refractivity contribution in [2.75, 3.05) is 0 Å². The highest BCUT2D eigenvalue weighted by atomic mass is 35.5. The van der Waals surface area contributed by atoms with Crippen LogP contribution < -0.4 is 0 Å². The molecule has 18 heavy (non-hydrogen) atoms. The zero-order valence-electron chi connectivity index (χ0n) is 9.47. The molecule has 1 aromatic heterocycles. The number of nitrogens with one attached hydrogen (secondary N) is 1. The number of nitrogens with zero attached hydrogens (tertiary/aromatic N) is 2. The maximum absolute atomic E-state index is 9.12. The molecule has 0 aliphatic carbocycles. The second-order valence-electron chi connectivity index (χ2n) is 3.86. The van der Waals surface area contributed by atoms with Crippen LogP contribution in [0.4, 0.5) is 0 Å². The molecule has 1 unspecified atom stereocenters. The molecular weight excluding hydrogens is 246 g/mol. The van der Waals surface area contributed by atoms with Crippen LogP contribution in [0.25, 0.3) is 0 Å². The van der Waals surface area contributed by atoms with E-state index in [4.69, 9.17) is 22.1 Å². The summed E-state index contributed by atoms with van der Waals surface area (Å²) < 4.78 is 0. The molecule has 0 radical (unpaired) electrons. The van der Waals surface area contributed by atoms with Gasteiger partial charge in [0.25, 0.3) is 0 Å². The van der Waals surface area contributed by atoms with E-state index in [1.54, 1.807) is 12.3 Å². The van der Waals surface area contributed by atoms with Gasteiger partial charge in [0.05, 0.1) is 18.1 Å². The fourth-order valence-electron chi connectivity index (χ4n) is 1.97. The van der Waals surface area contributed by atoms with Gasteiger partial charge in [0, 0.05) is 16.9 Å². The summed E-state index contributed by atoms with van der Waals surface area (Å²) in [7, 11) is 0. The Kier molecular flexibility index (Phi) is 3.67. The van der Waals surface area contributed by atoms with Gasteiger partial charge in [-0.05, 0) is 23.8 Å². The van der Waals surface area contributed by atoms with Crippen molar-refractivity contribution in [1.29, 1.82) is 10.5 Å². The smallest absolute Gasteiger partial charge is 0.145 e. The molecule has 2 rings (SSSR count). The minimum atomic E-state index is -0.774. The van der Waals surface area contributed by atoms with Crippen LogP contribution >= 0.6 is 11.6 Å². The summed E-state index contributed by atoms with van der Waals surface area (Å²) in [6, 6.07) is 15.0. The number of aromatic nitrogens is 1. The van der Waals surface area contributed by atoms with E-state index in [0.29, 0.717) is 5.02 Å². The molecular formula is C14H10ClN3. The SMILES string of the molecule is N#CC(C#N)C(c1ccc[nH]1)c1ccccc1Cl. The summed E-state index contributed by atoms with van der Waals surface area (Å²) in [6.07, 6.45) is 1.77. The van der Waals surface area contributed by atoms with Crippen LogP contribution in [-0.2, 0) is 0 Å². The molecule has 4 heteroatoms. The van der Waals surface area contributed by atoms with Gasteiger partial charge in [-0.1, -0.05) is 29.8 Å². The van der Waals surface area contributed by atoms with Crippen molar-refractivity contribution in [3.63, 3.8) is 0 Å². The zero-order chi connectivity index (χ0) is 13.0. The third-order valence-corrected chi connectivity index (χ3v) is 3.15. The van der Waals surface area contributed by atoms with Crippen molar-refractivity contribution in [1.82, 2.24) is 4.98 Å². The van der Waals surface area contributed by atoms with E-state index < -0.39 is 5.92 Å². The molecule has 0 saturated heterocycles. The molecule has 0 amide bonds. The molecule has 0 fully saturated rings. The fraction of sp³-hybridized carbons (Fsp3) is 0.143. The third kappa shape index (κ3) is 2.22. The van der Waals surface area contributed by atoms with Gasteiger partial charge in [0.2, 0.25) is 0 Å². The van der Waals surface area contributed by atoms with Gasteiger partial charge in [0.15, 0.2) is 0 Å². The van der Waals surface area contributed by atoms with Gasteiger partial charge in [-0.2, -0.15) is 10.5 Å². The van der Waals surface area contributed by atoms with E-state index >= 15 is 0 Å². The number of hydrogen-bond acceptors (Lipinski definition) is 2. The van der Waals surface area contributed by atoms with E-state index in [1.807, 2.05) is 42.5 Å². The minimum Gasteiger partial charge on any atom is -0.364 e. The van der Waals surface area contributed by atoms with Gasteiger partial charge in [-0.3, -0.25) is 0 Å². The lowest BCUT2D eigenvalue weighted by molar-refractivity contribution is 0.692. The van der Waals surface area contributed by atoms with Crippen molar-refractivity contribution in [3.8, 4) is 12.1 Å². The van der Waals surface area contributed by atoms with Crippen LogP contribution in [0.15, 0.2) is 42.6 Å². The number of aromatic amines is 1. The van der Waals surface area contributed by atoms with Crippen molar-refractivity contribution in [2.45, 2.75) is 5.92 Å². The largest absolute Gasteiger partial charge is 0.364 e. The summed E-state index contributed by atoms with van der Waals surface area (Å²) in [5.74, 6) is -1.13. The van der Waals surface area contributed by atoms with E-state index in [1.165, 1.54) is 0 Å². The maximum Gasteiger partial charge on any atom is 0.145 e. The van der Waals surface area contributed by atoms with Crippen LogP contribution in [0.5, 0.6) is 0 Å². The highest BCUT2D eigenvalue weighted by Crippen LogP contribution is 2.34. The van der Waals surface area contributed by atoms with Crippen LogP contribution in [0, 0.1) is 28.6 Å². The number of benzene rings is 1. The van der Waals surface area contributed by atoms with Crippen molar-refractivity contribution >= 4 is 11.6 Å². The Bertz CT molecular complexity index is 591. The standard InChI is InChI=1S/C14H10ClN3/c15-12-5-2-1-4-11(12)14(10(8-16)9-17)13-6-3-7-18-13/h1-7,10,14,18H. The number of hydrogen-bond donors (Lipinski definition) is 1. The van der Waals surface area contributed by atoms with E-state index in [9.17, 15) is 0 Å². The average Bonchev–Trinajstić information content (AvgIpc) is 2.90. The molecule has 0 saturated carbocycles. The predicted molar refractivity (Wildman–Crippen MR) is 68.8 cm³/mol. The van der Waals surface area contributed by atoms with Gasteiger partial charge in [0.1, 0.15) is 5.92 Å². The van der Waals surface area contributed by atoms with E-state index in [0.717, 1.165) is 11.3 Å². The first kappa shape index (κ1) is 12.2. The monoisotopic (exact) mass is 255 g/mol. The molecule has 3 nitrogen and oxygen atoms in total. The Morgan fingerprint density at radius 1 is 1.06 bits per heavy atom. The molecule has 1 N–H and O–H groups in total. The third-order valence-electron chi connectivity index (χ3n) is 2.81. The Balaban J connectivity index is 2.54. The Hall–Kier alpha value is -2.23. The molecule has 2 aromatic rings. The summed E-state index contributed by atoms with van der Waals surface area (Å²) in [6.45, 7) is 0. The topological polar surface area (TPSA) is 63.4 Å². The van der Waals surface area contributed by atoms with Crippen molar-refractivity contribution in [2.24, 2.45) is 5.92 Å². The van der Waals surface area contributed by atoms with Gasteiger partial charge < -0.3 is 4.98 Å². The zero-order valence-corrected chi connectivity index (χ0v) is 10.2. The van der Waals surface area contributed by atoms with Crippen LogP contribution in [0.3, 0.4) is 0 Å². The highest BCUT2D eigenvalue weighted by molar-refractivity contribution is 6.31. The minimum absolute atomic E-state index is 0.358. The Morgan fingerprint density at radius 3 is 2.33 bits per heavy atom. The molecule has 0 aliphatic heterocycles. The molecule has 1 aromatic carbocycles. The van der Waals surface area contributed by atoms with Crippen LogP contribution in [0.1, 0.15) is 17.2 Å². The first-order valence-electron chi connectivity index (χ1n) is 5.45. The second-order valence-corrected chi connectivity index (χ2v) is 4.27. The van der Waals surface area contributed by atoms with Crippen molar-refractivity contribution < 1.29 is 0 Å². The molecule has 0 spiro atoms. The Labute approximate surface area is 110 Å². The summed E-state index contributed by atoms with van der Waals surface area (Å²) >= 11 is 6.16. The van der Waals surface area contributed by atoms with E-state index in [-0.39, 0.29) is 5.92 Å². The van der Waals surface area contributed by atoms with Crippen molar-refractivity contribution in [3.05, 3.63) is 58.9 Å². The number of rotatable bonds is 3. The maximum atomic E-state index is 9.12. The molecule has 1 atom stereocenters. The molecule has 1 heterocycles. The molecule has 0 bridgehead atoms.